The largest absolute Gasteiger partial charge is 0.350 e. The molecule has 0 atom stereocenters. The number of aromatic nitrogens is 1. The number of hydrogen-bond acceptors (Lipinski definition) is 3. The summed E-state index contributed by atoms with van der Waals surface area (Å²) in [4.78, 5) is 17.0. The number of rotatable bonds is 4. The van der Waals surface area contributed by atoms with Crippen LogP contribution in [0, 0.1) is 6.92 Å². The van der Waals surface area contributed by atoms with E-state index in [-0.39, 0.29) is 5.91 Å². The summed E-state index contributed by atoms with van der Waals surface area (Å²) in [6.07, 6.45) is 0.494. The fraction of sp³-hybridized carbons (Fsp3) is 0.286. The lowest BCUT2D eigenvalue weighted by molar-refractivity contribution is -0.120. The summed E-state index contributed by atoms with van der Waals surface area (Å²) in [7, 11) is 0. The molecule has 0 fully saturated rings. The van der Waals surface area contributed by atoms with Gasteiger partial charge in [-0.15, -0.1) is 11.3 Å². The maximum Gasteiger partial charge on any atom is 0.220 e. The van der Waals surface area contributed by atoms with Crippen molar-refractivity contribution < 1.29 is 4.79 Å². The highest BCUT2D eigenvalue weighted by Gasteiger charge is 2.10. The lowest BCUT2D eigenvalue weighted by Gasteiger charge is -1.99. The molecule has 1 amide bonds. The molecule has 0 unspecified atom stereocenters. The summed E-state index contributed by atoms with van der Waals surface area (Å²) in [6.45, 7) is 4.36. The first kappa shape index (κ1) is 14.0. The number of aryl methyl sites for hydroxylation is 1. The van der Waals surface area contributed by atoms with Crippen LogP contribution in [0.15, 0.2) is 24.3 Å². The molecule has 19 heavy (non-hydrogen) atoms. The van der Waals surface area contributed by atoms with Gasteiger partial charge in [-0.3, -0.25) is 4.79 Å². The van der Waals surface area contributed by atoms with E-state index in [0.29, 0.717) is 18.0 Å². The second-order valence-corrected chi connectivity index (χ2v) is 5.87. The Balaban J connectivity index is 2.16. The summed E-state index contributed by atoms with van der Waals surface area (Å²) in [5.41, 5.74) is 2.01. The van der Waals surface area contributed by atoms with E-state index in [1.165, 1.54) is 0 Å². The summed E-state index contributed by atoms with van der Waals surface area (Å²) in [5, 5.41) is 4.47. The normalized spacial score (nSPS) is 10.5. The van der Waals surface area contributed by atoms with Crippen molar-refractivity contribution in [3.05, 3.63) is 39.2 Å². The maximum absolute atomic E-state index is 11.2. The zero-order valence-corrected chi connectivity index (χ0v) is 12.4. The Morgan fingerprint density at radius 3 is 2.68 bits per heavy atom. The third kappa shape index (κ3) is 3.55. The minimum atomic E-state index is 0.0425. The van der Waals surface area contributed by atoms with Gasteiger partial charge in [0.05, 0.1) is 12.2 Å². The van der Waals surface area contributed by atoms with Gasteiger partial charge in [-0.2, -0.15) is 0 Å². The van der Waals surface area contributed by atoms with Crippen molar-refractivity contribution in [1.29, 1.82) is 0 Å². The van der Waals surface area contributed by atoms with Crippen molar-refractivity contribution in [2.45, 2.75) is 26.8 Å². The number of amides is 1. The van der Waals surface area contributed by atoms with Gasteiger partial charge < -0.3 is 5.32 Å². The quantitative estimate of drug-likeness (QED) is 0.932. The molecule has 2 rings (SSSR count). The molecule has 0 spiro atoms. The topological polar surface area (TPSA) is 42.0 Å². The number of benzene rings is 1. The Labute approximate surface area is 121 Å². The van der Waals surface area contributed by atoms with E-state index < -0.39 is 0 Å². The lowest BCUT2D eigenvalue weighted by Crippen LogP contribution is -2.21. The molecule has 0 aliphatic heterocycles. The number of thiazole rings is 1. The fourth-order valence-electron chi connectivity index (χ4n) is 1.70. The van der Waals surface area contributed by atoms with Crippen LogP contribution in [-0.4, -0.2) is 10.9 Å². The number of halogens is 1. The van der Waals surface area contributed by atoms with Crippen LogP contribution < -0.4 is 5.32 Å². The number of nitrogens with one attached hydrogen (secondary N) is 1. The van der Waals surface area contributed by atoms with Crippen LogP contribution in [0.4, 0.5) is 0 Å². The van der Waals surface area contributed by atoms with Crippen molar-refractivity contribution in [3.63, 3.8) is 0 Å². The molecule has 0 radical (unpaired) electrons. The predicted octanol–water partition coefficient (Wildman–Crippen LogP) is 3.80. The van der Waals surface area contributed by atoms with Crippen LogP contribution in [0.1, 0.15) is 23.2 Å². The number of carbonyl (C=O) groups is 1. The minimum Gasteiger partial charge on any atom is -0.350 e. The monoisotopic (exact) mass is 294 g/mol. The van der Waals surface area contributed by atoms with E-state index in [4.69, 9.17) is 11.6 Å². The second kappa shape index (κ2) is 6.17. The Bertz CT molecular complexity index is 578. The van der Waals surface area contributed by atoms with E-state index in [0.717, 1.165) is 21.1 Å². The first-order valence-electron chi connectivity index (χ1n) is 6.09. The average Bonchev–Trinajstić information content (AvgIpc) is 2.78. The van der Waals surface area contributed by atoms with Crippen LogP contribution in [-0.2, 0) is 11.3 Å². The molecule has 0 saturated carbocycles. The van der Waals surface area contributed by atoms with Gasteiger partial charge in [-0.05, 0) is 19.1 Å². The fourth-order valence-corrected chi connectivity index (χ4v) is 2.72. The molecular formula is C14H15ClN2OS. The Kier molecular flexibility index (Phi) is 4.56. The van der Waals surface area contributed by atoms with Gasteiger partial charge in [0, 0.05) is 21.9 Å². The number of hydrogen-bond donors (Lipinski definition) is 1. The van der Waals surface area contributed by atoms with Gasteiger partial charge in [0.1, 0.15) is 5.01 Å². The Morgan fingerprint density at radius 1 is 1.37 bits per heavy atom. The molecule has 1 aromatic heterocycles. The summed E-state index contributed by atoms with van der Waals surface area (Å²) >= 11 is 7.49. The molecule has 100 valence electrons. The predicted molar refractivity (Wildman–Crippen MR) is 79.4 cm³/mol. The van der Waals surface area contributed by atoms with Crippen molar-refractivity contribution in [2.24, 2.45) is 0 Å². The molecule has 1 heterocycles. The highest BCUT2D eigenvalue weighted by molar-refractivity contribution is 7.12. The van der Waals surface area contributed by atoms with Crippen molar-refractivity contribution in [2.75, 3.05) is 0 Å². The zero-order valence-electron chi connectivity index (χ0n) is 10.9. The minimum absolute atomic E-state index is 0.0425. The van der Waals surface area contributed by atoms with E-state index in [1.807, 2.05) is 38.1 Å². The third-order valence-electron chi connectivity index (χ3n) is 2.72. The van der Waals surface area contributed by atoms with Crippen LogP contribution in [0.5, 0.6) is 0 Å². The standard InChI is InChI=1S/C14H15ClN2OS/c1-3-12(18)16-8-13-17-14(9(2)19-13)10-4-6-11(15)7-5-10/h4-7H,3,8H2,1-2H3,(H,16,18). The van der Waals surface area contributed by atoms with Crippen molar-refractivity contribution in [3.8, 4) is 11.3 Å². The van der Waals surface area contributed by atoms with Crippen LogP contribution in [0.25, 0.3) is 11.3 Å². The Hall–Kier alpha value is -1.39. The maximum atomic E-state index is 11.2. The van der Waals surface area contributed by atoms with Gasteiger partial charge in [-0.1, -0.05) is 30.7 Å². The van der Waals surface area contributed by atoms with E-state index in [2.05, 4.69) is 10.3 Å². The van der Waals surface area contributed by atoms with Crippen LogP contribution in [0.3, 0.4) is 0 Å². The molecular weight excluding hydrogens is 280 g/mol. The van der Waals surface area contributed by atoms with Gasteiger partial charge in [0.15, 0.2) is 0 Å². The summed E-state index contributed by atoms with van der Waals surface area (Å²) in [5.74, 6) is 0.0425. The molecule has 0 aliphatic carbocycles. The molecule has 5 heteroatoms. The highest BCUT2D eigenvalue weighted by atomic mass is 35.5. The Morgan fingerprint density at radius 2 is 2.05 bits per heavy atom. The van der Waals surface area contributed by atoms with Crippen molar-refractivity contribution in [1.82, 2.24) is 10.3 Å². The summed E-state index contributed by atoms with van der Waals surface area (Å²) in [6, 6.07) is 7.62. The zero-order chi connectivity index (χ0) is 13.8. The van der Waals surface area contributed by atoms with Gasteiger partial charge in [-0.25, -0.2) is 4.98 Å². The number of nitrogens with zero attached hydrogens (tertiary/aromatic N) is 1. The molecule has 3 nitrogen and oxygen atoms in total. The molecule has 1 N–H and O–H groups in total. The van der Waals surface area contributed by atoms with Gasteiger partial charge in [0.2, 0.25) is 5.91 Å². The van der Waals surface area contributed by atoms with E-state index in [9.17, 15) is 4.79 Å². The second-order valence-electron chi connectivity index (χ2n) is 4.15. The average molecular weight is 295 g/mol. The molecule has 2 aromatic rings. The molecule has 0 bridgehead atoms. The first-order valence-corrected chi connectivity index (χ1v) is 7.28. The molecule has 1 aromatic carbocycles. The van der Waals surface area contributed by atoms with Gasteiger partial charge >= 0.3 is 0 Å². The van der Waals surface area contributed by atoms with Crippen LogP contribution >= 0.6 is 22.9 Å². The number of carbonyl (C=O) groups excluding carboxylic acids is 1. The SMILES string of the molecule is CCC(=O)NCc1nc(-c2ccc(Cl)cc2)c(C)s1. The lowest BCUT2D eigenvalue weighted by atomic mass is 10.1. The highest BCUT2D eigenvalue weighted by Crippen LogP contribution is 2.28. The van der Waals surface area contributed by atoms with Crippen LogP contribution in [0.2, 0.25) is 5.02 Å². The molecule has 0 saturated heterocycles. The first-order chi connectivity index (χ1) is 9.10. The van der Waals surface area contributed by atoms with E-state index >= 15 is 0 Å². The van der Waals surface area contributed by atoms with Crippen molar-refractivity contribution >= 4 is 28.8 Å². The van der Waals surface area contributed by atoms with Gasteiger partial charge in [0.25, 0.3) is 0 Å². The summed E-state index contributed by atoms with van der Waals surface area (Å²) < 4.78 is 0. The molecule has 0 aliphatic rings. The third-order valence-corrected chi connectivity index (χ3v) is 3.94. The smallest absolute Gasteiger partial charge is 0.220 e. The van der Waals surface area contributed by atoms with E-state index in [1.54, 1.807) is 11.3 Å².